The van der Waals surface area contributed by atoms with Crippen molar-refractivity contribution in [2.45, 2.75) is 13.1 Å². The Morgan fingerprint density at radius 1 is 1.07 bits per heavy atom. The molecule has 0 saturated heterocycles. The van der Waals surface area contributed by atoms with Crippen LogP contribution < -0.4 is 9.47 Å². The molecule has 2 aliphatic heterocycles. The summed E-state index contributed by atoms with van der Waals surface area (Å²) in [4.78, 5) is 15.0. The SMILES string of the molecule is O=C1/C(=C/c2c(Cl)cccc2Cl)Oc2c1ccc1c2CN(Cc2ccco2)CO1. The molecule has 0 atom stereocenters. The zero-order valence-electron chi connectivity index (χ0n) is 15.2. The summed E-state index contributed by atoms with van der Waals surface area (Å²) in [5, 5.41) is 0.902. The third kappa shape index (κ3) is 3.31. The van der Waals surface area contributed by atoms with Gasteiger partial charge in [0.1, 0.15) is 24.0 Å². The van der Waals surface area contributed by atoms with E-state index in [1.54, 1.807) is 36.6 Å². The topological polar surface area (TPSA) is 51.9 Å². The van der Waals surface area contributed by atoms with Crippen LogP contribution in [0.1, 0.15) is 27.2 Å². The minimum atomic E-state index is -0.207. The number of Topliss-reactive ketones (excluding diaryl/α,β-unsaturated/α-hetero) is 1. The van der Waals surface area contributed by atoms with Crippen LogP contribution in [0.5, 0.6) is 11.5 Å². The first kappa shape index (κ1) is 18.3. The predicted molar refractivity (Wildman–Crippen MR) is 109 cm³/mol. The summed E-state index contributed by atoms with van der Waals surface area (Å²) in [7, 11) is 0. The average Bonchev–Trinajstić information content (AvgIpc) is 3.33. The zero-order valence-corrected chi connectivity index (χ0v) is 16.7. The van der Waals surface area contributed by atoms with Gasteiger partial charge in [-0.15, -0.1) is 0 Å². The summed E-state index contributed by atoms with van der Waals surface area (Å²) in [6.07, 6.45) is 3.23. The molecule has 3 aromatic rings. The van der Waals surface area contributed by atoms with Crippen molar-refractivity contribution in [1.29, 1.82) is 0 Å². The molecule has 0 aliphatic carbocycles. The van der Waals surface area contributed by atoms with Gasteiger partial charge >= 0.3 is 0 Å². The molecule has 7 heteroatoms. The molecule has 1 aromatic heterocycles. The van der Waals surface area contributed by atoms with Gasteiger partial charge in [0.2, 0.25) is 5.78 Å². The summed E-state index contributed by atoms with van der Waals surface area (Å²) < 4.78 is 17.3. The van der Waals surface area contributed by atoms with Gasteiger partial charge in [-0.05, 0) is 42.5 Å². The molecule has 0 fully saturated rings. The van der Waals surface area contributed by atoms with Gasteiger partial charge in [-0.25, -0.2) is 0 Å². The van der Waals surface area contributed by atoms with Gasteiger partial charge in [0.25, 0.3) is 0 Å². The number of fused-ring (bicyclic) bond motifs is 3. The number of hydrogen-bond acceptors (Lipinski definition) is 5. The highest BCUT2D eigenvalue weighted by atomic mass is 35.5. The highest BCUT2D eigenvalue weighted by molar-refractivity contribution is 6.37. The van der Waals surface area contributed by atoms with Crippen LogP contribution in [0, 0.1) is 0 Å². The number of ketones is 1. The Balaban J connectivity index is 1.48. The monoisotopic (exact) mass is 427 g/mol. The van der Waals surface area contributed by atoms with E-state index in [4.69, 9.17) is 37.1 Å². The first-order valence-corrected chi connectivity index (χ1v) is 9.77. The van der Waals surface area contributed by atoms with Gasteiger partial charge in [0.15, 0.2) is 5.76 Å². The van der Waals surface area contributed by atoms with Gasteiger partial charge < -0.3 is 13.9 Å². The number of carbonyl (C=O) groups is 1. The van der Waals surface area contributed by atoms with E-state index in [0.29, 0.717) is 52.5 Å². The van der Waals surface area contributed by atoms with Crippen molar-refractivity contribution in [2.75, 3.05) is 6.73 Å². The molecule has 3 heterocycles. The summed E-state index contributed by atoms with van der Waals surface area (Å²) in [5.41, 5.74) is 1.89. The summed E-state index contributed by atoms with van der Waals surface area (Å²) in [6.45, 7) is 1.60. The van der Waals surface area contributed by atoms with Crippen molar-refractivity contribution in [1.82, 2.24) is 4.90 Å². The molecule has 2 aromatic carbocycles. The van der Waals surface area contributed by atoms with Crippen molar-refractivity contribution in [3.63, 3.8) is 0 Å². The highest BCUT2D eigenvalue weighted by Crippen LogP contribution is 2.42. The van der Waals surface area contributed by atoms with Gasteiger partial charge in [0, 0.05) is 22.2 Å². The van der Waals surface area contributed by atoms with E-state index in [1.165, 1.54) is 0 Å². The van der Waals surface area contributed by atoms with E-state index in [0.717, 1.165) is 11.3 Å². The van der Waals surface area contributed by atoms with E-state index >= 15 is 0 Å². The maximum absolute atomic E-state index is 12.9. The lowest BCUT2D eigenvalue weighted by Gasteiger charge is -2.29. The Hall–Kier alpha value is -2.73. The normalized spacial score (nSPS) is 17.0. The molecule has 0 amide bonds. The molecule has 146 valence electrons. The Morgan fingerprint density at radius 2 is 1.90 bits per heavy atom. The van der Waals surface area contributed by atoms with E-state index in [2.05, 4.69) is 4.90 Å². The summed E-state index contributed by atoms with van der Waals surface area (Å²) in [5.74, 6) is 2.06. The van der Waals surface area contributed by atoms with Crippen LogP contribution >= 0.6 is 23.2 Å². The number of furan rings is 1. The minimum absolute atomic E-state index is 0.187. The number of rotatable bonds is 3. The molecule has 2 aliphatic rings. The largest absolute Gasteiger partial charge is 0.478 e. The molecule has 0 saturated carbocycles. The third-order valence-electron chi connectivity index (χ3n) is 4.92. The van der Waals surface area contributed by atoms with Gasteiger partial charge in [-0.2, -0.15) is 0 Å². The standard InChI is InChI=1S/C22H15Cl2NO4/c23-17-4-1-5-18(24)15(17)9-20-21(26)14-6-7-19-16(22(14)29-20)11-25(12-28-19)10-13-3-2-8-27-13/h1-9H,10-12H2/b20-9-. The fourth-order valence-electron chi connectivity index (χ4n) is 3.51. The Labute approximate surface area is 177 Å². The van der Waals surface area contributed by atoms with Crippen molar-refractivity contribution >= 4 is 35.1 Å². The molecule has 5 rings (SSSR count). The molecule has 0 unspecified atom stereocenters. The molecule has 0 radical (unpaired) electrons. The van der Waals surface area contributed by atoms with Crippen LogP contribution in [0.15, 0.2) is 58.9 Å². The Morgan fingerprint density at radius 3 is 2.66 bits per heavy atom. The van der Waals surface area contributed by atoms with Crippen LogP contribution in [-0.2, 0) is 13.1 Å². The van der Waals surface area contributed by atoms with E-state index < -0.39 is 0 Å². The van der Waals surface area contributed by atoms with Crippen molar-refractivity contribution in [2.24, 2.45) is 0 Å². The van der Waals surface area contributed by atoms with Crippen LogP contribution in [0.3, 0.4) is 0 Å². The molecule has 5 nitrogen and oxygen atoms in total. The Bertz CT molecular complexity index is 1120. The molecule has 29 heavy (non-hydrogen) atoms. The lowest BCUT2D eigenvalue weighted by Crippen LogP contribution is -2.31. The first-order chi connectivity index (χ1) is 14.1. The fraction of sp³-hybridized carbons (Fsp3) is 0.136. The second-order valence-corrected chi connectivity index (χ2v) is 7.65. The maximum atomic E-state index is 12.9. The van der Waals surface area contributed by atoms with Crippen LogP contribution in [-0.4, -0.2) is 17.4 Å². The van der Waals surface area contributed by atoms with Crippen molar-refractivity contribution in [3.8, 4) is 11.5 Å². The maximum Gasteiger partial charge on any atom is 0.231 e. The lowest BCUT2D eigenvalue weighted by atomic mass is 10.0. The highest BCUT2D eigenvalue weighted by Gasteiger charge is 2.34. The Kier molecular flexibility index (Phi) is 4.59. The summed E-state index contributed by atoms with van der Waals surface area (Å²) in [6, 6.07) is 12.5. The lowest BCUT2D eigenvalue weighted by molar-refractivity contribution is 0.0810. The van der Waals surface area contributed by atoms with E-state index in [-0.39, 0.29) is 11.5 Å². The number of ether oxygens (including phenoxy) is 2. The number of allylic oxidation sites excluding steroid dienone is 1. The molecule has 0 N–H and O–H groups in total. The summed E-state index contributed by atoms with van der Waals surface area (Å²) >= 11 is 12.5. The number of carbonyl (C=O) groups excluding carboxylic acids is 1. The number of nitrogens with zero attached hydrogens (tertiary/aromatic N) is 1. The van der Waals surface area contributed by atoms with Gasteiger partial charge in [-0.3, -0.25) is 9.69 Å². The van der Waals surface area contributed by atoms with Crippen LogP contribution in [0.25, 0.3) is 6.08 Å². The molecule has 0 bridgehead atoms. The second kappa shape index (κ2) is 7.26. The zero-order chi connectivity index (χ0) is 20.0. The predicted octanol–water partition coefficient (Wildman–Crippen LogP) is 5.55. The van der Waals surface area contributed by atoms with Gasteiger partial charge in [-0.1, -0.05) is 29.3 Å². The third-order valence-corrected chi connectivity index (χ3v) is 5.58. The number of benzene rings is 2. The van der Waals surface area contributed by atoms with Crippen LogP contribution in [0.4, 0.5) is 0 Å². The molecule has 0 spiro atoms. The smallest absolute Gasteiger partial charge is 0.231 e. The van der Waals surface area contributed by atoms with Crippen molar-refractivity contribution < 1.29 is 18.7 Å². The minimum Gasteiger partial charge on any atom is -0.478 e. The first-order valence-electron chi connectivity index (χ1n) is 9.02. The molecular weight excluding hydrogens is 413 g/mol. The number of halogens is 2. The van der Waals surface area contributed by atoms with Gasteiger partial charge in [0.05, 0.1) is 23.9 Å². The number of hydrogen-bond donors (Lipinski definition) is 0. The van der Waals surface area contributed by atoms with E-state index in [1.807, 2.05) is 18.2 Å². The molecular formula is C22H15Cl2NO4. The van der Waals surface area contributed by atoms with E-state index in [9.17, 15) is 4.79 Å². The quantitative estimate of drug-likeness (QED) is 0.512. The average molecular weight is 428 g/mol. The van der Waals surface area contributed by atoms with Crippen LogP contribution in [0.2, 0.25) is 10.0 Å². The van der Waals surface area contributed by atoms with Crippen molar-refractivity contribution in [3.05, 3.63) is 87.0 Å². The fourth-order valence-corrected chi connectivity index (χ4v) is 4.01. The second-order valence-electron chi connectivity index (χ2n) is 6.83.